The average molecular weight is 563 g/mol. The van der Waals surface area contributed by atoms with E-state index in [0.29, 0.717) is 33.7 Å². The summed E-state index contributed by atoms with van der Waals surface area (Å²) in [5, 5.41) is 3.88. The molecule has 39 heavy (non-hydrogen) atoms. The van der Waals surface area contributed by atoms with Crippen LogP contribution in [0.15, 0.2) is 36.7 Å². The van der Waals surface area contributed by atoms with Gasteiger partial charge in [0.25, 0.3) is 5.91 Å². The number of anilines is 1. The van der Waals surface area contributed by atoms with Gasteiger partial charge < -0.3 is 15.0 Å². The first-order valence-electron chi connectivity index (χ1n) is 13.1. The molecule has 1 atom stereocenters. The van der Waals surface area contributed by atoms with Crippen LogP contribution in [0.25, 0.3) is 10.9 Å². The third-order valence-corrected chi connectivity index (χ3v) is 7.49. The van der Waals surface area contributed by atoms with Gasteiger partial charge in [0.15, 0.2) is 0 Å². The van der Waals surface area contributed by atoms with E-state index in [-0.39, 0.29) is 18.5 Å². The van der Waals surface area contributed by atoms with E-state index in [4.69, 9.17) is 21.3 Å². The number of ether oxygens (including phenoxy) is 1. The Bertz CT molecular complexity index is 1290. The first-order valence-corrected chi connectivity index (χ1v) is 13.5. The molecule has 12 heteroatoms. The molecule has 1 aromatic carbocycles. The minimum Gasteiger partial charge on any atom is -0.380 e. The Morgan fingerprint density at radius 1 is 1.00 bits per heavy atom. The largest absolute Gasteiger partial charge is 0.451 e. The van der Waals surface area contributed by atoms with E-state index in [2.05, 4.69) is 25.1 Å². The lowest BCUT2D eigenvalue weighted by Crippen LogP contribution is -2.41. The lowest BCUT2D eigenvalue weighted by Gasteiger charge is -2.34. The number of likely N-dealkylation sites (tertiary alicyclic amines) is 1. The molecule has 208 valence electrons. The standard InChI is InChI=1S/C27H30ClF3N6O2/c28-20-6-7-21-19(5-8-23(35-21)37-11-4-13-39-14-12-37)24(20)25(38)32-17-22(36-9-2-1-3-10-36)18-15-33-26(34-16-18)27(29,30)31/h5-8,15-16,22H,1-4,9-14,17H2,(H,32,38). The van der Waals surface area contributed by atoms with Crippen molar-refractivity contribution in [2.75, 3.05) is 50.8 Å². The number of halogens is 4. The highest BCUT2D eigenvalue weighted by atomic mass is 35.5. The highest BCUT2D eigenvalue weighted by Gasteiger charge is 2.35. The maximum atomic E-state index is 13.5. The minimum atomic E-state index is -4.62. The number of alkyl halides is 3. The molecule has 2 saturated heterocycles. The quantitative estimate of drug-likeness (QED) is 0.458. The number of amides is 1. The maximum absolute atomic E-state index is 13.5. The summed E-state index contributed by atoms with van der Waals surface area (Å²) in [6.45, 7) is 4.64. The van der Waals surface area contributed by atoms with Gasteiger partial charge in [-0.1, -0.05) is 18.0 Å². The Morgan fingerprint density at radius 2 is 1.77 bits per heavy atom. The van der Waals surface area contributed by atoms with E-state index in [1.807, 2.05) is 12.1 Å². The molecular weight excluding hydrogens is 533 g/mol. The van der Waals surface area contributed by atoms with Crippen LogP contribution in [0.4, 0.5) is 19.0 Å². The molecule has 3 aromatic rings. The van der Waals surface area contributed by atoms with Crippen molar-refractivity contribution in [1.29, 1.82) is 0 Å². The van der Waals surface area contributed by atoms with Crippen LogP contribution in [0.2, 0.25) is 5.02 Å². The molecule has 1 unspecified atom stereocenters. The number of rotatable bonds is 6. The zero-order valence-corrected chi connectivity index (χ0v) is 22.1. The average Bonchev–Trinajstić information content (AvgIpc) is 3.23. The molecule has 0 spiro atoms. The number of fused-ring (bicyclic) bond motifs is 1. The summed E-state index contributed by atoms with van der Waals surface area (Å²) in [4.78, 5) is 29.6. The van der Waals surface area contributed by atoms with E-state index in [1.165, 1.54) is 12.4 Å². The van der Waals surface area contributed by atoms with Gasteiger partial charge in [-0.25, -0.2) is 15.0 Å². The molecule has 1 amide bonds. The summed E-state index contributed by atoms with van der Waals surface area (Å²) < 4.78 is 44.6. The van der Waals surface area contributed by atoms with Gasteiger partial charge in [0.05, 0.1) is 28.8 Å². The van der Waals surface area contributed by atoms with Crippen molar-refractivity contribution in [3.8, 4) is 0 Å². The molecule has 4 heterocycles. The Hall–Kier alpha value is -3.02. The summed E-state index contributed by atoms with van der Waals surface area (Å²) in [6.07, 6.45) is 1.72. The van der Waals surface area contributed by atoms with E-state index >= 15 is 0 Å². The van der Waals surface area contributed by atoms with Crippen LogP contribution in [0, 0.1) is 0 Å². The SMILES string of the molecule is O=C(NCC(c1cnc(C(F)(F)F)nc1)N1CCCCC1)c1c(Cl)ccc2nc(N3CCCOCC3)ccc12. The molecule has 1 N–H and O–H groups in total. The smallest absolute Gasteiger partial charge is 0.380 e. The Labute approximate surface area is 229 Å². The van der Waals surface area contributed by atoms with Crippen LogP contribution >= 0.6 is 11.6 Å². The van der Waals surface area contributed by atoms with E-state index < -0.39 is 12.0 Å². The van der Waals surface area contributed by atoms with Gasteiger partial charge >= 0.3 is 6.18 Å². The molecule has 0 bridgehead atoms. The van der Waals surface area contributed by atoms with Crippen molar-refractivity contribution in [3.63, 3.8) is 0 Å². The number of hydrogen-bond acceptors (Lipinski definition) is 7. The van der Waals surface area contributed by atoms with Crippen LogP contribution in [-0.4, -0.2) is 71.7 Å². The van der Waals surface area contributed by atoms with Gasteiger partial charge in [-0.2, -0.15) is 13.2 Å². The van der Waals surface area contributed by atoms with Crippen molar-refractivity contribution >= 4 is 34.2 Å². The van der Waals surface area contributed by atoms with Crippen LogP contribution < -0.4 is 10.2 Å². The van der Waals surface area contributed by atoms with Crippen molar-refractivity contribution in [2.45, 2.75) is 37.9 Å². The zero-order chi connectivity index (χ0) is 27.4. The van der Waals surface area contributed by atoms with Crippen LogP contribution in [-0.2, 0) is 10.9 Å². The van der Waals surface area contributed by atoms with Gasteiger partial charge in [0.1, 0.15) is 5.82 Å². The van der Waals surface area contributed by atoms with Crippen LogP contribution in [0.1, 0.15) is 53.5 Å². The fourth-order valence-corrected chi connectivity index (χ4v) is 5.42. The molecule has 0 saturated carbocycles. The fourth-order valence-electron chi connectivity index (χ4n) is 5.17. The van der Waals surface area contributed by atoms with Gasteiger partial charge in [0, 0.05) is 49.6 Å². The lowest BCUT2D eigenvalue weighted by molar-refractivity contribution is -0.145. The van der Waals surface area contributed by atoms with Crippen molar-refractivity contribution in [2.24, 2.45) is 0 Å². The molecule has 0 aliphatic carbocycles. The highest BCUT2D eigenvalue weighted by Crippen LogP contribution is 2.30. The second-order valence-corrected chi connectivity index (χ2v) is 10.2. The predicted octanol–water partition coefficient (Wildman–Crippen LogP) is 4.88. The Morgan fingerprint density at radius 3 is 2.51 bits per heavy atom. The third-order valence-electron chi connectivity index (χ3n) is 7.18. The summed E-state index contributed by atoms with van der Waals surface area (Å²) in [6, 6.07) is 6.82. The fraction of sp³-hybridized carbons (Fsp3) is 0.481. The maximum Gasteiger partial charge on any atom is 0.451 e. The zero-order valence-electron chi connectivity index (χ0n) is 21.4. The van der Waals surface area contributed by atoms with Gasteiger partial charge in [-0.05, 0) is 56.6 Å². The number of nitrogens with one attached hydrogen (secondary N) is 1. The molecule has 8 nitrogen and oxygen atoms in total. The number of carbonyl (C=O) groups excluding carboxylic acids is 1. The summed E-state index contributed by atoms with van der Waals surface area (Å²) >= 11 is 6.50. The highest BCUT2D eigenvalue weighted by molar-refractivity contribution is 6.35. The Balaban J connectivity index is 1.37. The lowest BCUT2D eigenvalue weighted by atomic mass is 10.0. The number of piperidine rings is 1. The van der Waals surface area contributed by atoms with Crippen LogP contribution in [0.5, 0.6) is 0 Å². The van der Waals surface area contributed by atoms with E-state index in [0.717, 1.165) is 64.3 Å². The van der Waals surface area contributed by atoms with Gasteiger partial charge in [-0.3, -0.25) is 9.69 Å². The molecule has 2 aliphatic rings. The summed E-state index contributed by atoms with van der Waals surface area (Å²) in [5.41, 5.74) is 1.48. The van der Waals surface area contributed by atoms with E-state index in [1.54, 1.807) is 12.1 Å². The van der Waals surface area contributed by atoms with E-state index in [9.17, 15) is 18.0 Å². The molecule has 2 fully saturated rings. The Kier molecular flexibility index (Phi) is 8.49. The van der Waals surface area contributed by atoms with Crippen molar-refractivity contribution in [3.05, 3.63) is 58.6 Å². The van der Waals surface area contributed by atoms with Crippen molar-refractivity contribution in [1.82, 2.24) is 25.2 Å². The summed E-state index contributed by atoms with van der Waals surface area (Å²) in [5.74, 6) is -0.748. The summed E-state index contributed by atoms with van der Waals surface area (Å²) in [7, 11) is 0. The number of hydrogen-bond donors (Lipinski definition) is 1. The second kappa shape index (κ2) is 12.0. The minimum absolute atomic E-state index is 0.166. The second-order valence-electron chi connectivity index (χ2n) is 9.77. The van der Waals surface area contributed by atoms with Gasteiger partial charge in [0.2, 0.25) is 5.82 Å². The number of pyridine rings is 1. The predicted molar refractivity (Wildman–Crippen MR) is 142 cm³/mol. The number of aromatic nitrogens is 3. The number of benzene rings is 1. The number of nitrogens with zero attached hydrogens (tertiary/aromatic N) is 5. The third kappa shape index (κ3) is 6.42. The van der Waals surface area contributed by atoms with Crippen molar-refractivity contribution < 1.29 is 22.7 Å². The molecule has 2 aliphatic heterocycles. The van der Waals surface area contributed by atoms with Gasteiger partial charge in [-0.15, -0.1) is 0 Å². The normalized spacial score (nSPS) is 18.1. The topological polar surface area (TPSA) is 83.5 Å². The number of carbonyl (C=O) groups is 1. The molecule has 5 rings (SSSR count). The molecule has 0 radical (unpaired) electrons. The monoisotopic (exact) mass is 562 g/mol. The molecule has 2 aromatic heterocycles. The first kappa shape index (κ1) is 27.5. The first-order chi connectivity index (χ1) is 18.8. The molecular formula is C27H30ClF3N6O2. The van der Waals surface area contributed by atoms with Crippen LogP contribution in [0.3, 0.4) is 0 Å².